The average molecular weight is 233 g/mol. The number of hydrogen-bond donors (Lipinski definition) is 1. The molecule has 1 heterocycles. The minimum absolute atomic E-state index is 0.154. The fraction of sp³-hybridized carbons (Fsp3) is 0.778. The van der Waals surface area contributed by atoms with E-state index in [-0.39, 0.29) is 18.2 Å². The van der Waals surface area contributed by atoms with Crippen LogP contribution in [0, 0.1) is 12.3 Å². The third kappa shape index (κ3) is 4.17. The number of nitrogens with zero attached hydrogens (tertiary/aromatic N) is 1. The van der Waals surface area contributed by atoms with Crippen molar-refractivity contribution < 1.29 is 13.2 Å². The first-order valence-corrected chi connectivity index (χ1v) is 6.81. The number of primary amides is 1. The Balaban J connectivity index is 2.46. The molecular formula is C9H17N2O3S. The zero-order chi connectivity index (χ0) is 11.5. The minimum atomic E-state index is -3.10. The van der Waals surface area contributed by atoms with Crippen molar-refractivity contribution in [3.8, 4) is 0 Å². The van der Waals surface area contributed by atoms with Gasteiger partial charge in [0.2, 0.25) is 15.9 Å². The maximum Gasteiger partial charge on any atom is 0.217 e. The van der Waals surface area contributed by atoms with Gasteiger partial charge in [0.05, 0.1) is 6.26 Å². The summed E-state index contributed by atoms with van der Waals surface area (Å²) in [4.78, 5) is 10.6. The van der Waals surface area contributed by atoms with E-state index >= 15 is 0 Å². The summed E-state index contributed by atoms with van der Waals surface area (Å²) in [7, 11) is -3.10. The van der Waals surface area contributed by atoms with E-state index in [1.807, 2.05) is 6.42 Å². The zero-order valence-electron chi connectivity index (χ0n) is 8.85. The number of carbonyl (C=O) groups excluding carboxylic acids is 1. The normalized spacial score (nSPS) is 23.9. The molecule has 1 radical (unpaired) electrons. The Bertz CT molecular complexity index is 326. The maximum atomic E-state index is 11.3. The Morgan fingerprint density at radius 1 is 1.60 bits per heavy atom. The topological polar surface area (TPSA) is 80.5 Å². The lowest BCUT2D eigenvalue weighted by atomic mass is 9.94. The Morgan fingerprint density at radius 2 is 2.27 bits per heavy atom. The fourth-order valence-electron chi connectivity index (χ4n) is 1.75. The molecule has 1 fully saturated rings. The van der Waals surface area contributed by atoms with E-state index in [9.17, 15) is 13.2 Å². The van der Waals surface area contributed by atoms with E-state index in [4.69, 9.17) is 5.73 Å². The second-order valence-corrected chi connectivity index (χ2v) is 5.91. The van der Waals surface area contributed by atoms with Crippen LogP contribution in [0.15, 0.2) is 0 Å². The standard InChI is InChI=1S/C9H17N2O3S/c1-15(13,14)11-6-2-3-8(7-11)4-5-9(10)12/h4,8H,2-3,5-7H2,1H3,(H2,10,12). The van der Waals surface area contributed by atoms with E-state index in [1.54, 1.807) is 0 Å². The summed E-state index contributed by atoms with van der Waals surface area (Å²) in [5, 5.41) is 0. The van der Waals surface area contributed by atoms with Crippen LogP contribution in [0.2, 0.25) is 0 Å². The van der Waals surface area contributed by atoms with E-state index in [0.717, 1.165) is 12.8 Å². The summed E-state index contributed by atoms with van der Waals surface area (Å²) >= 11 is 0. The highest BCUT2D eigenvalue weighted by Crippen LogP contribution is 2.21. The number of sulfonamides is 1. The lowest BCUT2D eigenvalue weighted by molar-refractivity contribution is -0.117. The molecular weight excluding hydrogens is 216 g/mol. The van der Waals surface area contributed by atoms with Crippen molar-refractivity contribution in [2.24, 2.45) is 11.7 Å². The van der Waals surface area contributed by atoms with Crippen molar-refractivity contribution in [3.63, 3.8) is 0 Å². The minimum Gasteiger partial charge on any atom is -0.370 e. The molecule has 0 aliphatic carbocycles. The molecule has 0 aromatic carbocycles. The first-order chi connectivity index (χ1) is 6.89. The summed E-state index contributed by atoms with van der Waals surface area (Å²) in [5.41, 5.74) is 5.03. The molecule has 87 valence electrons. The van der Waals surface area contributed by atoms with Crippen molar-refractivity contribution in [2.45, 2.75) is 19.3 Å². The highest BCUT2D eigenvalue weighted by molar-refractivity contribution is 7.88. The average Bonchev–Trinajstić information content (AvgIpc) is 2.14. The molecule has 0 aromatic heterocycles. The van der Waals surface area contributed by atoms with E-state index in [1.165, 1.54) is 10.6 Å². The summed E-state index contributed by atoms with van der Waals surface area (Å²) in [6.07, 6.45) is 5.03. The highest BCUT2D eigenvalue weighted by Gasteiger charge is 2.25. The van der Waals surface area contributed by atoms with Crippen LogP contribution < -0.4 is 5.73 Å². The van der Waals surface area contributed by atoms with Gasteiger partial charge in [0.1, 0.15) is 0 Å². The Morgan fingerprint density at radius 3 is 2.80 bits per heavy atom. The largest absolute Gasteiger partial charge is 0.370 e. The second kappa shape index (κ2) is 4.94. The predicted molar refractivity (Wildman–Crippen MR) is 57.3 cm³/mol. The first kappa shape index (κ1) is 12.4. The van der Waals surface area contributed by atoms with Gasteiger partial charge < -0.3 is 5.73 Å². The van der Waals surface area contributed by atoms with Gasteiger partial charge in [-0.25, -0.2) is 12.7 Å². The van der Waals surface area contributed by atoms with Crippen molar-refractivity contribution in [1.29, 1.82) is 0 Å². The Hall–Kier alpha value is -0.620. The van der Waals surface area contributed by atoms with Gasteiger partial charge in [-0.3, -0.25) is 4.79 Å². The monoisotopic (exact) mass is 233 g/mol. The molecule has 1 aliphatic heterocycles. The fourth-order valence-corrected chi connectivity index (χ4v) is 2.67. The van der Waals surface area contributed by atoms with E-state index < -0.39 is 10.0 Å². The molecule has 1 rings (SSSR count). The number of nitrogens with two attached hydrogens (primary N) is 1. The molecule has 1 atom stereocenters. The molecule has 1 saturated heterocycles. The first-order valence-electron chi connectivity index (χ1n) is 4.96. The summed E-state index contributed by atoms with van der Waals surface area (Å²) in [5.74, 6) is -0.215. The number of amides is 1. The lowest BCUT2D eigenvalue weighted by Gasteiger charge is -2.30. The summed E-state index contributed by atoms with van der Waals surface area (Å²) < 4.78 is 24.0. The van der Waals surface area contributed by atoms with Crippen LogP contribution >= 0.6 is 0 Å². The molecule has 5 nitrogen and oxygen atoms in total. The number of hydrogen-bond acceptors (Lipinski definition) is 3. The zero-order valence-corrected chi connectivity index (χ0v) is 9.66. The Labute approximate surface area is 90.7 Å². The summed E-state index contributed by atoms with van der Waals surface area (Å²) in [6.45, 7) is 1.06. The number of carbonyl (C=O) groups is 1. The lowest BCUT2D eigenvalue weighted by Crippen LogP contribution is -2.39. The predicted octanol–water partition coefficient (Wildman–Crippen LogP) is -0.262. The van der Waals surface area contributed by atoms with Crippen molar-refractivity contribution >= 4 is 15.9 Å². The third-order valence-electron chi connectivity index (χ3n) is 2.54. The van der Waals surface area contributed by atoms with Gasteiger partial charge in [-0.05, 0) is 25.2 Å². The van der Waals surface area contributed by atoms with E-state index in [2.05, 4.69) is 0 Å². The van der Waals surface area contributed by atoms with Crippen molar-refractivity contribution in [3.05, 3.63) is 6.42 Å². The van der Waals surface area contributed by atoms with Gasteiger partial charge in [-0.15, -0.1) is 0 Å². The quantitative estimate of drug-likeness (QED) is 0.726. The van der Waals surface area contributed by atoms with Gasteiger partial charge >= 0.3 is 0 Å². The maximum absolute atomic E-state index is 11.3. The molecule has 1 amide bonds. The van der Waals surface area contributed by atoms with Crippen LogP contribution in [0.25, 0.3) is 0 Å². The van der Waals surface area contributed by atoms with Gasteiger partial charge in [0.15, 0.2) is 0 Å². The molecule has 0 spiro atoms. The Kier molecular flexibility index (Phi) is 4.10. The second-order valence-electron chi connectivity index (χ2n) is 3.93. The van der Waals surface area contributed by atoms with Crippen LogP contribution in [-0.2, 0) is 14.8 Å². The van der Waals surface area contributed by atoms with Crippen LogP contribution in [0.5, 0.6) is 0 Å². The van der Waals surface area contributed by atoms with Crippen LogP contribution in [0.3, 0.4) is 0 Å². The third-order valence-corrected chi connectivity index (χ3v) is 3.81. The highest BCUT2D eigenvalue weighted by atomic mass is 32.2. The molecule has 0 aromatic rings. The van der Waals surface area contributed by atoms with Gasteiger partial charge in [0, 0.05) is 19.5 Å². The van der Waals surface area contributed by atoms with Gasteiger partial charge in [0.25, 0.3) is 0 Å². The molecule has 6 heteroatoms. The number of rotatable bonds is 4. The van der Waals surface area contributed by atoms with E-state index in [0.29, 0.717) is 13.1 Å². The number of piperidine rings is 1. The van der Waals surface area contributed by atoms with Crippen LogP contribution in [0.4, 0.5) is 0 Å². The molecule has 1 unspecified atom stereocenters. The summed E-state index contributed by atoms with van der Waals surface area (Å²) in [6, 6.07) is 0. The van der Waals surface area contributed by atoms with Gasteiger partial charge in [-0.1, -0.05) is 0 Å². The molecule has 0 bridgehead atoms. The molecule has 0 saturated carbocycles. The van der Waals surface area contributed by atoms with Crippen molar-refractivity contribution in [2.75, 3.05) is 19.3 Å². The van der Waals surface area contributed by atoms with Crippen molar-refractivity contribution in [1.82, 2.24) is 4.31 Å². The molecule has 1 aliphatic rings. The molecule has 2 N–H and O–H groups in total. The van der Waals surface area contributed by atoms with Crippen LogP contribution in [0.1, 0.15) is 19.3 Å². The molecule has 15 heavy (non-hydrogen) atoms. The van der Waals surface area contributed by atoms with Crippen LogP contribution in [-0.4, -0.2) is 38.0 Å². The SMILES string of the molecule is CS(=O)(=O)N1CCCC([CH]CC(N)=O)C1. The smallest absolute Gasteiger partial charge is 0.217 e. The van der Waals surface area contributed by atoms with Gasteiger partial charge in [-0.2, -0.15) is 0 Å².